The molecule has 0 spiro atoms. The first-order chi connectivity index (χ1) is 5.74. The lowest BCUT2D eigenvalue weighted by Gasteiger charge is -2.15. The van der Waals surface area contributed by atoms with E-state index in [0.29, 0.717) is 0 Å². The zero-order valence-corrected chi connectivity index (χ0v) is 7.72. The van der Waals surface area contributed by atoms with Gasteiger partial charge in [-0.2, -0.15) is 0 Å². The fourth-order valence-electron chi connectivity index (χ4n) is 0.536. The Labute approximate surface area is 74.2 Å². The molecule has 0 aliphatic rings. The number of phosphoric ester groups is 1. The molecule has 78 valence electrons. The summed E-state index contributed by atoms with van der Waals surface area (Å²) in [5.74, 6) is -0.707. The third-order valence-corrected chi connectivity index (χ3v) is 1.68. The minimum atomic E-state index is -4.67. The summed E-state index contributed by atoms with van der Waals surface area (Å²) in [4.78, 5) is 26.8. The molecule has 0 fully saturated rings. The quantitative estimate of drug-likeness (QED) is 0.408. The molecular formula is C5H11O7P. The van der Waals surface area contributed by atoms with E-state index in [-0.39, 0.29) is 0 Å². The van der Waals surface area contributed by atoms with Gasteiger partial charge in [-0.05, 0) is 6.92 Å². The van der Waals surface area contributed by atoms with E-state index in [4.69, 9.17) is 20.0 Å². The van der Waals surface area contributed by atoms with Crippen LogP contribution in [0.2, 0.25) is 0 Å². The lowest BCUT2D eigenvalue weighted by Crippen LogP contribution is -2.35. The molecule has 0 aromatic carbocycles. The third-order valence-electron chi connectivity index (χ3n) is 1.19. The van der Waals surface area contributed by atoms with Crippen molar-refractivity contribution in [1.29, 1.82) is 0 Å². The molecule has 0 aromatic heterocycles. The van der Waals surface area contributed by atoms with Crippen LogP contribution in [0.3, 0.4) is 0 Å². The highest BCUT2D eigenvalue weighted by Crippen LogP contribution is 2.35. The van der Waals surface area contributed by atoms with Crippen LogP contribution >= 0.6 is 7.82 Å². The molecular weight excluding hydrogens is 205 g/mol. The Morgan fingerprint density at radius 1 is 1.46 bits per heavy atom. The molecule has 0 rings (SSSR count). The van der Waals surface area contributed by atoms with Crippen LogP contribution in [0.25, 0.3) is 0 Å². The highest BCUT2D eigenvalue weighted by Gasteiger charge is 2.24. The number of carbonyl (C=O) groups excluding carboxylic acids is 1. The molecule has 0 amide bonds. The van der Waals surface area contributed by atoms with Crippen molar-refractivity contribution in [2.75, 3.05) is 6.61 Å². The number of Topliss-reactive ketones (excluding diaryl/α,β-unsaturated/α-hetero) is 1. The molecule has 0 aliphatic heterocycles. The van der Waals surface area contributed by atoms with E-state index in [2.05, 4.69) is 4.52 Å². The predicted molar refractivity (Wildman–Crippen MR) is 40.7 cm³/mol. The normalized spacial score (nSPS) is 16.7. The summed E-state index contributed by atoms with van der Waals surface area (Å²) in [7, 11) is -4.67. The summed E-state index contributed by atoms with van der Waals surface area (Å²) in [6.07, 6.45) is -3.32. The molecule has 0 heterocycles. The lowest BCUT2D eigenvalue weighted by molar-refractivity contribution is -0.132. The lowest BCUT2D eigenvalue weighted by atomic mass is 10.3. The molecule has 0 bridgehead atoms. The third kappa shape index (κ3) is 5.87. The SMILES string of the molecule is C[14C](=O)[C@@H](O)[C@H](O)COP(=O)(O)O. The van der Waals surface area contributed by atoms with Gasteiger partial charge in [0.1, 0.15) is 12.2 Å². The van der Waals surface area contributed by atoms with Crippen molar-refractivity contribution in [3.05, 3.63) is 0 Å². The van der Waals surface area contributed by atoms with Crippen molar-refractivity contribution in [1.82, 2.24) is 0 Å². The second-order valence-electron chi connectivity index (χ2n) is 2.41. The van der Waals surface area contributed by atoms with E-state index in [1.807, 2.05) is 0 Å². The Hall–Kier alpha value is -0.300. The van der Waals surface area contributed by atoms with E-state index in [1.165, 1.54) is 0 Å². The van der Waals surface area contributed by atoms with Crippen LogP contribution in [0.4, 0.5) is 0 Å². The number of rotatable bonds is 5. The predicted octanol–water partition coefficient (Wildman–Crippen LogP) is -1.59. The van der Waals surface area contributed by atoms with Gasteiger partial charge in [0, 0.05) is 0 Å². The van der Waals surface area contributed by atoms with E-state index >= 15 is 0 Å². The number of ketones is 1. The summed E-state index contributed by atoms with van der Waals surface area (Å²) >= 11 is 0. The maximum absolute atomic E-state index is 10.5. The van der Waals surface area contributed by atoms with Crippen LogP contribution in [0.15, 0.2) is 0 Å². The first-order valence-corrected chi connectivity index (χ1v) is 4.83. The van der Waals surface area contributed by atoms with Crippen LogP contribution in [0.5, 0.6) is 0 Å². The van der Waals surface area contributed by atoms with Crippen LogP contribution in [0, 0.1) is 0 Å². The van der Waals surface area contributed by atoms with Crippen molar-refractivity contribution in [3.63, 3.8) is 0 Å². The highest BCUT2D eigenvalue weighted by atomic mass is 31.2. The van der Waals surface area contributed by atoms with Gasteiger partial charge in [-0.25, -0.2) is 4.57 Å². The van der Waals surface area contributed by atoms with Crippen LogP contribution in [0.1, 0.15) is 6.92 Å². The summed E-state index contributed by atoms with van der Waals surface area (Å²) in [5, 5.41) is 17.8. The Kier molecular flexibility index (Phi) is 4.69. The summed E-state index contributed by atoms with van der Waals surface area (Å²) in [6, 6.07) is 0. The molecule has 7 nitrogen and oxygen atoms in total. The van der Waals surface area contributed by atoms with E-state index < -0.39 is 32.4 Å². The maximum atomic E-state index is 10.5. The molecule has 0 aromatic rings. The number of hydrogen-bond donors (Lipinski definition) is 4. The molecule has 0 radical (unpaired) electrons. The van der Waals surface area contributed by atoms with Crippen LogP contribution in [-0.2, 0) is 13.9 Å². The molecule has 0 saturated carbocycles. The monoisotopic (exact) mass is 216 g/mol. The van der Waals surface area contributed by atoms with Gasteiger partial charge in [0.15, 0.2) is 5.78 Å². The van der Waals surface area contributed by atoms with Gasteiger partial charge >= 0.3 is 7.82 Å². The first-order valence-electron chi connectivity index (χ1n) is 3.30. The number of carbonyl (C=O) groups is 1. The van der Waals surface area contributed by atoms with Gasteiger partial charge in [0.05, 0.1) is 6.61 Å². The Balaban J connectivity index is 3.95. The summed E-state index contributed by atoms with van der Waals surface area (Å²) < 4.78 is 14.0. The van der Waals surface area contributed by atoms with Crippen molar-refractivity contribution in [3.8, 4) is 0 Å². The van der Waals surface area contributed by atoms with Gasteiger partial charge in [0.25, 0.3) is 0 Å². The summed E-state index contributed by atoms with van der Waals surface area (Å²) in [6.45, 7) is 0.233. The molecule has 8 heteroatoms. The maximum Gasteiger partial charge on any atom is 0.469 e. The molecule has 0 unspecified atom stereocenters. The Morgan fingerprint density at radius 2 is 1.92 bits per heavy atom. The van der Waals surface area contributed by atoms with E-state index in [9.17, 15) is 9.36 Å². The van der Waals surface area contributed by atoms with Crippen LogP contribution < -0.4 is 0 Å². The average molecular weight is 216 g/mol. The molecule has 0 aliphatic carbocycles. The minimum Gasteiger partial charge on any atom is -0.388 e. The number of aliphatic hydroxyl groups is 2. The number of aliphatic hydroxyl groups excluding tert-OH is 2. The topological polar surface area (TPSA) is 124 Å². The largest absolute Gasteiger partial charge is 0.469 e. The molecule has 13 heavy (non-hydrogen) atoms. The zero-order valence-electron chi connectivity index (χ0n) is 6.82. The van der Waals surface area contributed by atoms with E-state index in [1.54, 1.807) is 0 Å². The highest BCUT2D eigenvalue weighted by molar-refractivity contribution is 7.46. The standard InChI is InChI=1S/C5H11O7P/c1-3(6)5(8)4(7)2-12-13(9,10)11/h4-5,7-8H,2H2,1H3,(H2,9,10,11)/t4-,5-/m1/s1/i3+2. The fourth-order valence-corrected chi connectivity index (χ4v) is 0.882. The molecule has 0 saturated heterocycles. The van der Waals surface area contributed by atoms with Crippen molar-refractivity contribution in [2.24, 2.45) is 0 Å². The number of phosphoric acid groups is 1. The molecule has 4 N–H and O–H groups in total. The zero-order chi connectivity index (χ0) is 10.6. The second kappa shape index (κ2) is 4.80. The van der Waals surface area contributed by atoms with Crippen molar-refractivity contribution >= 4 is 13.6 Å². The first kappa shape index (κ1) is 12.7. The Morgan fingerprint density at radius 3 is 2.23 bits per heavy atom. The van der Waals surface area contributed by atoms with Gasteiger partial charge in [-0.1, -0.05) is 0 Å². The van der Waals surface area contributed by atoms with Crippen LogP contribution in [-0.4, -0.2) is 44.6 Å². The van der Waals surface area contributed by atoms with Gasteiger partial charge in [-0.15, -0.1) is 0 Å². The Bertz CT molecular complexity index is 221. The fraction of sp³-hybridized carbons (Fsp3) is 0.800. The van der Waals surface area contributed by atoms with Crippen molar-refractivity contribution < 1.29 is 33.9 Å². The molecule has 2 atom stereocenters. The van der Waals surface area contributed by atoms with E-state index in [0.717, 1.165) is 6.92 Å². The second-order valence-corrected chi connectivity index (χ2v) is 3.65. The number of hydrogen-bond acceptors (Lipinski definition) is 5. The smallest absolute Gasteiger partial charge is 0.388 e. The van der Waals surface area contributed by atoms with Gasteiger partial charge in [0.2, 0.25) is 0 Å². The average Bonchev–Trinajstić information content (AvgIpc) is 1.97. The van der Waals surface area contributed by atoms with Crippen molar-refractivity contribution in [2.45, 2.75) is 19.1 Å². The minimum absolute atomic E-state index is 0.707. The van der Waals surface area contributed by atoms with Gasteiger partial charge < -0.3 is 20.0 Å². The van der Waals surface area contributed by atoms with Gasteiger partial charge in [-0.3, -0.25) is 9.32 Å². The summed E-state index contributed by atoms with van der Waals surface area (Å²) in [5.41, 5.74) is 0.